The Morgan fingerprint density at radius 1 is 1.85 bits per heavy atom. The van der Waals surface area contributed by atoms with Crippen molar-refractivity contribution in [2.75, 3.05) is 6.26 Å². The van der Waals surface area contributed by atoms with Gasteiger partial charge in [0.15, 0.2) is 0 Å². The Labute approximate surface area is 84.2 Å². The second-order valence-electron chi connectivity index (χ2n) is 2.14. The smallest absolute Gasteiger partial charge is 0.332 e. The van der Waals surface area contributed by atoms with Crippen LogP contribution in [0.15, 0.2) is 20.8 Å². The van der Waals surface area contributed by atoms with Crippen molar-refractivity contribution in [3.8, 4) is 0 Å². The maximum atomic E-state index is 10.2. The predicted molar refractivity (Wildman–Crippen MR) is 56.4 cm³/mol. The minimum Gasteiger partial charge on any atom is -0.350 e. The van der Waals surface area contributed by atoms with Crippen molar-refractivity contribution >= 4 is 35.3 Å². The van der Waals surface area contributed by atoms with Crippen LogP contribution in [0.5, 0.6) is 0 Å². The van der Waals surface area contributed by atoms with Crippen molar-refractivity contribution in [2.45, 2.75) is 4.21 Å². The van der Waals surface area contributed by atoms with E-state index in [1.165, 1.54) is 4.21 Å². The number of nitrogens with zero attached hydrogens (tertiary/aromatic N) is 1. The van der Waals surface area contributed by atoms with Crippen LogP contribution in [0.3, 0.4) is 0 Å². The molecule has 6 heteroatoms. The van der Waals surface area contributed by atoms with E-state index < -0.39 is 6.03 Å². The Bertz CT molecular complexity index is 321. The van der Waals surface area contributed by atoms with E-state index in [9.17, 15) is 4.79 Å². The highest BCUT2D eigenvalue weighted by Gasteiger charge is 1.94. The van der Waals surface area contributed by atoms with Gasteiger partial charge >= 0.3 is 6.03 Å². The molecule has 0 fully saturated rings. The molecule has 2 amide bonds. The minimum atomic E-state index is -0.656. The molecular formula is C7H9N3OS2. The zero-order valence-electron chi connectivity index (χ0n) is 6.98. The van der Waals surface area contributed by atoms with Crippen LogP contribution in [0.1, 0.15) is 5.56 Å². The van der Waals surface area contributed by atoms with Gasteiger partial charge in [0, 0.05) is 10.9 Å². The highest BCUT2D eigenvalue weighted by atomic mass is 32.2. The first-order valence-electron chi connectivity index (χ1n) is 3.43. The van der Waals surface area contributed by atoms with Crippen LogP contribution in [0, 0.1) is 0 Å². The fourth-order valence-corrected chi connectivity index (χ4v) is 2.04. The first-order chi connectivity index (χ1) is 6.22. The molecule has 1 heterocycles. The minimum absolute atomic E-state index is 0.656. The number of hydrogen-bond donors (Lipinski definition) is 2. The van der Waals surface area contributed by atoms with Crippen LogP contribution in [-0.2, 0) is 0 Å². The summed E-state index contributed by atoms with van der Waals surface area (Å²) in [6.45, 7) is 0. The Morgan fingerprint density at radius 2 is 2.62 bits per heavy atom. The molecule has 1 aromatic rings. The number of carbonyl (C=O) groups is 1. The lowest BCUT2D eigenvalue weighted by atomic mass is 10.4. The maximum Gasteiger partial charge on any atom is 0.332 e. The summed E-state index contributed by atoms with van der Waals surface area (Å²) < 4.78 is 1.21. The van der Waals surface area contributed by atoms with E-state index in [0.29, 0.717) is 0 Å². The quantitative estimate of drug-likeness (QED) is 0.455. The molecular weight excluding hydrogens is 206 g/mol. The molecule has 0 aliphatic heterocycles. The van der Waals surface area contributed by atoms with E-state index in [-0.39, 0.29) is 0 Å². The molecule has 1 rings (SSSR count). The third-order valence-corrected chi connectivity index (χ3v) is 3.23. The average molecular weight is 215 g/mol. The number of amides is 2. The topological polar surface area (TPSA) is 67.5 Å². The zero-order valence-corrected chi connectivity index (χ0v) is 8.61. The summed E-state index contributed by atoms with van der Waals surface area (Å²) in [5.41, 5.74) is 7.91. The summed E-state index contributed by atoms with van der Waals surface area (Å²) in [6, 6.07) is 1.33. The number of hydrogen-bond acceptors (Lipinski definition) is 4. The lowest BCUT2D eigenvalue weighted by Gasteiger charge is -1.88. The molecule has 0 unspecified atom stereocenters. The lowest BCUT2D eigenvalue weighted by molar-refractivity contribution is 0.249. The lowest BCUT2D eigenvalue weighted by Crippen LogP contribution is -2.24. The normalized spacial score (nSPS) is 10.5. The number of nitrogens with one attached hydrogen (secondary N) is 1. The molecule has 4 nitrogen and oxygen atoms in total. The second-order valence-corrected chi connectivity index (χ2v) is 4.16. The number of carbonyl (C=O) groups excluding carboxylic acids is 1. The van der Waals surface area contributed by atoms with Gasteiger partial charge in [-0.3, -0.25) is 0 Å². The molecule has 0 aromatic carbocycles. The summed E-state index contributed by atoms with van der Waals surface area (Å²) in [5.74, 6) is 0. The number of hydrazone groups is 1. The fourth-order valence-electron chi connectivity index (χ4n) is 0.675. The molecule has 0 atom stereocenters. The second kappa shape index (κ2) is 4.88. The molecule has 0 radical (unpaired) electrons. The molecule has 0 spiro atoms. The number of urea groups is 1. The van der Waals surface area contributed by atoms with E-state index in [1.807, 2.05) is 17.7 Å². The van der Waals surface area contributed by atoms with Gasteiger partial charge in [0.2, 0.25) is 0 Å². The summed E-state index contributed by atoms with van der Waals surface area (Å²) in [5, 5.41) is 5.59. The molecule has 1 aromatic heterocycles. The number of nitrogens with two attached hydrogens (primary N) is 1. The Morgan fingerprint density at radius 3 is 3.15 bits per heavy atom. The third-order valence-electron chi connectivity index (χ3n) is 1.19. The van der Waals surface area contributed by atoms with Gasteiger partial charge in [-0.2, -0.15) is 5.10 Å². The van der Waals surface area contributed by atoms with E-state index in [1.54, 1.807) is 29.3 Å². The SMILES string of the molecule is CSc1cc(/C=N\NC(N)=O)cs1. The Balaban J connectivity index is 2.53. The molecule has 0 aliphatic carbocycles. The average Bonchev–Trinajstić information content (AvgIpc) is 2.52. The molecule has 3 N–H and O–H groups in total. The van der Waals surface area contributed by atoms with E-state index in [2.05, 4.69) is 10.5 Å². The first kappa shape index (κ1) is 10.1. The largest absolute Gasteiger partial charge is 0.350 e. The standard InChI is InChI=1S/C7H9N3OS2/c1-12-6-2-5(4-13-6)3-9-10-7(8)11/h2-4H,1H3,(H3,8,10,11)/b9-3-. The maximum absolute atomic E-state index is 10.2. The van der Waals surface area contributed by atoms with E-state index in [0.717, 1.165) is 5.56 Å². The van der Waals surface area contributed by atoms with Gasteiger partial charge in [0.05, 0.1) is 10.4 Å². The first-order valence-corrected chi connectivity index (χ1v) is 5.54. The summed E-state index contributed by atoms with van der Waals surface area (Å²) in [7, 11) is 0. The number of rotatable bonds is 3. The van der Waals surface area contributed by atoms with Crippen LogP contribution >= 0.6 is 23.1 Å². The van der Waals surface area contributed by atoms with Crippen molar-refractivity contribution < 1.29 is 4.79 Å². The van der Waals surface area contributed by atoms with Gasteiger partial charge in [0.1, 0.15) is 0 Å². The van der Waals surface area contributed by atoms with E-state index in [4.69, 9.17) is 5.73 Å². The number of primary amides is 1. The molecule has 13 heavy (non-hydrogen) atoms. The van der Waals surface area contributed by atoms with Gasteiger partial charge in [-0.15, -0.1) is 23.1 Å². The van der Waals surface area contributed by atoms with Crippen molar-refractivity contribution in [1.29, 1.82) is 0 Å². The van der Waals surface area contributed by atoms with Gasteiger partial charge in [0.25, 0.3) is 0 Å². The van der Waals surface area contributed by atoms with Crippen LogP contribution in [0.4, 0.5) is 4.79 Å². The van der Waals surface area contributed by atoms with Gasteiger partial charge < -0.3 is 5.73 Å². The van der Waals surface area contributed by atoms with Crippen molar-refractivity contribution in [3.05, 3.63) is 17.0 Å². The van der Waals surface area contributed by atoms with E-state index >= 15 is 0 Å². The number of thioether (sulfide) groups is 1. The summed E-state index contributed by atoms with van der Waals surface area (Å²) >= 11 is 3.31. The highest BCUT2D eigenvalue weighted by molar-refractivity contribution is 8.00. The van der Waals surface area contributed by atoms with Crippen molar-refractivity contribution in [2.24, 2.45) is 10.8 Å². The van der Waals surface area contributed by atoms with Crippen LogP contribution in [-0.4, -0.2) is 18.5 Å². The Hall–Kier alpha value is -1.01. The number of thiophene rings is 1. The highest BCUT2D eigenvalue weighted by Crippen LogP contribution is 2.22. The van der Waals surface area contributed by atoms with Gasteiger partial charge in [-0.25, -0.2) is 10.2 Å². The van der Waals surface area contributed by atoms with Crippen LogP contribution in [0.25, 0.3) is 0 Å². The van der Waals surface area contributed by atoms with Gasteiger partial charge in [-0.1, -0.05) is 0 Å². The Kier molecular flexibility index (Phi) is 3.78. The van der Waals surface area contributed by atoms with Crippen LogP contribution < -0.4 is 11.2 Å². The summed E-state index contributed by atoms with van der Waals surface area (Å²) in [4.78, 5) is 10.2. The summed E-state index contributed by atoms with van der Waals surface area (Å²) in [6.07, 6.45) is 3.56. The van der Waals surface area contributed by atoms with Crippen molar-refractivity contribution in [3.63, 3.8) is 0 Å². The predicted octanol–water partition coefficient (Wildman–Crippen LogP) is 1.47. The van der Waals surface area contributed by atoms with Crippen LogP contribution in [0.2, 0.25) is 0 Å². The third kappa shape index (κ3) is 3.47. The van der Waals surface area contributed by atoms with Gasteiger partial charge in [-0.05, 0) is 12.3 Å². The van der Waals surface area contributed by atoms with Crippen molar-refractivity contribution in [1.82, 2.24) is 5.43 Å². The monoisotopic (exact) mass is 215 g/mol. The molecule has 0 saturated heterocycles. The molecule has 0 saturated carbocycles. The molecule has 70 valence electrons. The zero-order chi connectivity index (χ0) is 9.68. The molecule has 0 aliphatic rings. The fraction of sp³-hybridized carbons (Fsp3) is 0.143. The molecule has 0 bridgehead atoms.